The normalized spacial score (nSPS) is 14.2. The van der Waals surface area contributed by atoms with Crippen LogP contribution >= 0.6 is 0 Å². The topological polar surface area (TPSA) is 67.2 Å². The highest BCUT2D eigenvalue weighted by Gasteiger charge is 2.31. The molecule has 1 aromatic carbocycles. The Morgan fingerprint density at radius 2 is 1.93 bits per heavy atom. The predicted octanol–water partition coefficient (Wildman–Crippen LogP) is 2.70. The molecule has 1 N–H and O–H groups in total. The fourth-order valence-corrected chi connectivity index (χ4v) is 2.85. The summed E-state index contributed by atoms with van der Waals surface area (Å²) in [6, 6.07) is 6.19. The average Bonchev–Trinajstić information content (AvgIpc) is 3.07. The smallest absolute Gasteiger partial charge is 0.351 e. The van der Waals surface area contributed by atoms with E-state index in [1.807, 2.05) is 6.92 Å². The van der Waals surface area contributed by atoms with Crippen LogP contribution in [0.15, 0.2) is 30.3 Å². The van der Waals surface area contributed by atoms with Crippen molar-refractivity contribution in [3.8, 4) is 0 Å². The van der Waals surface area contributed by atoms with Crippen molar-refractivity contribution >= 4 is 11.8 Å². The van der Waals surface area contributed by atoms with E-state index in [0.29, 0.717) is 30.9 Å². The lowest BCUT2D eigenvalue weighted by molar-refractivity contribution is -0.137. The lowest BCUT2D eigenvalue weighted by atomic mass is 10.1. The van der Waals surface area contributed by atoms with E-state index in [9.17, 15) is 22.8 Å². The maximum absolute atomic E-state index is 12.7. The molecule has 1 aromatic heterocycles. The van der Waals surface area contributed by atoms with Gasteiger partial charge in [-0.15, -0.1) is 0 Å². The summed E-state index contributed by atoms with van der Waals surface area (Å²) in [5.41, 5.74) is 0.361. The van der Waals surface area contributed by atoms with Crippen LogP contribution in [0.25, 0.3) is 0 Å². The third-order valence-corrected chi connectivity index (χ3v) is 4.29. The van der Waals surface area contributed by atoms with Gasteiger partial charge in [0.05, 0.1) is 12.1 Å². The maximum atomic E-state index is 12.7. The van der Waals surface area contributed by atoms with E-state index in [0.717, 1.165) is 18.6 Å². The molecular weight excluding hydrogens is 361 g/mol. The number of carbonyl (C=O) groups excluding carboxylic acids is 2. The summed E-state index contributed by atoms with van der Waals surface area (Å²) in [7, 11) is 0. The molecule has 3 rings (SSSR count). The number of halogens is 3. The van der Waals surface area contributed by atoms with Gasteiger partial charge in [0.2, 0.25) is 0 Å². The SMILES string of the molecule is CCCNC(=O)c1cc2n(n1)CCN(Cc1ccc(C(F)(F)F)cc1)C2=O. The quantitative estimate of drug-likeness (QED) is 0.867. The Labute approximate surface area is 154 Å². The Kier molecular flexibility index (Phi) is 5.20. The molecular formula is C18H19F3N4O2. The van der Waals surface area contributed by atoms with Gasteiger partial charge in [0.15, 0.2) is 5.69 Å². The lowest BCUT2D eigenvalue weighted by Gasteiger charge is -2.27. The van der Waals surface area contributed by atoms with Crippen LogP contribution in [-0.2, 0) is 19.3 Å². The van der Waals surface area contributed by atoms with Gasteiger partial charge in [-0.1, -0.05) is 19.1 Å². The Balaban J connectivity index is 1.71. The summed E-state index contributed by atoms with van der Waals surface area (Å²) in [5, 5.41) is 6.88. The third-order valence-electron chi connectivity index (χ3n) is 4.29. The van der Waals surface area contributed by atoms with Crippen LogP contribution < -0.4 is 5.32 Å². The summed E-state index contributed by atoms with van der Waals surface area (Å²) in [6.45, 7) is 3.43. The Morgan fingerprint density at radius 1 is 1.22 bits per heavy atom. The average molecular weight is 380 g/mol. The number of nitrogens with one attached hydrogen (secondary N) is 1. The Morgan fingerprint density at radius 3 is 2.56 bits per heavy atom. The highest BCUT2D eigenvalue weighted by atomic mass is 19.4. The number of benzene rings is 1. The van der Waals surface area contributed by atoms with Crippen molar-refractivity contribution in [2.24, 2.45) is 0 Å². The molecule has 0 saturated heterocycles. The molecule has 0 radical (unpaired) electrons. The number of hydrogen-bond acceptors (Lipinski definition) is 3. The molecule has 1 aliphatic heterocycles. The van der Waals surface area contributed by atoms with Gasteiger partial charge in [0.25, 0.3) is 11.8 Å². The summed E-state index contributed by atoms with van der Waals surface area (Å²) in [5.74, 6) is -0.635. The van der Waals surface area contributed by atoms with E-state index in [1.165, 1.54) is 27.8 Å². The highest BCUT2D eigenvalue weighted by molar-refractivity contribution is 5.98. The molecule has 1 aliphatic rings. The van der Waals surface area contributed by atoms with Crippen molar-refractivity contribution < 1.29 is 22.8 Å². The largest absolute Gasteiger partial charge is 0.416 e. The predicted molar refractivity (Wildman–Crippen MR) is 91.0 cm³/mol. The molecule has 2 heterocycles. The second kappa shape index (κ2) is 7.42. The fourth-order valence-electron chi connectivity index (χ4n) is 2.85. The first-order valence-electron chi connectivity index (χ1n) is 8.61. The van der Waals surface area contributed by atoms with Crippen LogP contribution in [0, 0.1) is 0 Å². The van der Waals surface area contributed by atoms with Crippen molar-refractivity contribution in [2.45, 2.75) is 32.6 Å². The molecule has 0 spiro atoms. The van der Waals surface area contributed by atoms with Crippen molar-refractivity contribution in [1.82, 2.24) is 20.0 Å². The Hall–Kier alpha value is -2.84. The van der Waals surface area contributed by atoms with Crippen molar-refractivity contribution in [3.05, 3.63) is 52.8 Å². The molecule has 144 valence electrons. The molecule has 2 amide bonds. The molecule has 0 bridgehead atoms. The molecule has 0 saturated carbocycles. The van der Waals surface area contributed by atoms with Gasteiger partial charge in [-0.3, -0.25) is 14.3 Å². The molecule has 27 heavy (non-hydrogen) atoms. The minimum Gasteiger partial charge on any atom is -0.351 e. The van der Waals surface area contributed by atoms with Gasteiger partial charge in [-0.05, 0) is 24.1 Å². The van der Waals surface area contributed by atoms with E-state index in [-0.39, 0.29) is 24.1 Å². The number of hydrogen-bond donors (Lipinski definition) is 1. The van der Waals surface area contributed by atoms with Gasteiger partial charge in [0, 0.05) is 25.7 Å². The molecule has 0 unspecified atom stereocenters. The monoisotopic (exact) mass is 380 g/mol. The summed E-state index contributed by atoms with van der Waals surface area (Å²) in [4.78, 5) is 26.2. The van der Waals surface area contributed by atoms with Gasteiger partial charge < -0.3 is 10.2 Å². The molecule has 9 heteroatoms. The third kappa shape index (κ3) is 4.12. The maximum Gasteiger partial charge on any atom is 0.416 e. The second-order valence-electron chi connectivity index (χ2n) is 6.32. The van der Waals surface area contributed by atoms with E-state index < -0.39 is 11.7 Å². The summed E-state index contributed by atoms with van der Waals surface area (Å²) < 4.78 is 39.4. The Bertz CT molecular complexity index is 843. The van der Waals surface area contributed by atoms with Crippen molar-refractivity contribution in [2.75, 3.05) is 13.1 Å². The zero-order chi connectivity index (χ0) is 19.6. The number of carbonyl (C=O) groups is 2. The number of rotatable bonds is 5. The standard InChI is InChI=1S/C18H19F3N4O2/c1-2-7-22-16(26)14-10-15-17(27)24(8-9-25(15)23-14)11-12-3-5-13(6-4-12)18(19,20)21/h3-6,10H,2,7-9,11H2,1H3,(H,22,26). The number of nitrogens with zero attached hydrogens (tertiary/aromatic N) is 3. The van der Waals surface area contributed by atoms with E-state index in [2.05, 4.69) is 10.4 Å². The van der Waals surface area contributed by atoms with Gasteiger partial charge in [0.1, 0.15) is 5.69 Å². The van der Waals surface area contributed by atoms with Crippen LogP contribution in [-0.4, -0.2) is 39.6 Å². The number of amides is 2. The van der Waals surface area contributed by atoms with Gasteiger partial charge >= 0.3 is 6.18 Å². The van der Waals surface area contributed by atoms with E-state index in [1.54, 1.807) is 0 Å². The summed E-state index contributed by atoms with van der Waals surface area (Å²) in [6.07, 6.45) is -3.60. The minimum atomic E-state index is -4.39. The molecule has 0 atom stereocenters. The second-order valence-corrected chi connectivity index (χ2v) is 6.32. The highest BCUT2D eigenvalue weighted by Crippen LogP contribution is 2.29. The van der Waals surface area contributed by atoms with Crippen LogP contribution in [0.1, 0.15) is 45.4 Å². The summed E-state index contributed by atoms with van der Waals surface area (Å²) >= 11 is 0. The van der Waals surface area contributed by atoms with Crippen LogP contribution in [0.5, 0.6) is 0 Å². The number of fused-ring (bicyclic) bond motifs is 1. The van der Waals surface area contributed by atoms with Crippen molar-refractivity contribution in [1.29, 1.82) is 0 Å². The number of aromatic nitrogens is 2. The first kappa shape index (κ1) is 18.9. The minimum absolute atomic E-state index is 0.184. The molecule has 2 aromatic rings. The molecule has 6 nitrogen and oxygen atoms in total. The molecule has 0 fully saturated rings. The van der Waals surface area contributed by atoms with Crippen LogP contribution in [0.3, 0.4) is 0 Å². The van der Waals surface area contributed by atoms with Gasteiger partial charge in [-0.25, -0.2) is 0 Å². The zero-order valence-electron chi connectivity index (χ0n) is 14.7. The van der Waals surface area contributed by atoms with Crippen LogP contribution in [0.4, 0.5) is 13.2 Å². The molecule has 0 aliphatic carbocycles. The van der Waals surface area contributed by atoms with E-state index in [4.69, 9.17) is 0 Å². The van der Waals surface area contributed by atoms with Crippen molar-refractivity contribution in [3.63, 3.8) is 0 Å². The lowest BCUT2D eigenvalue weighted by Crippen LogP contribution is -2.39. The fraction of sp³-hybridized carbons (Fsp3) is 0.389. The zero-order valence-corrected chi connectivity index (χ0v) is 14.7. The van der Waals surface area contributed by atoms with Gasteiger partial charge in [-0.2, -0.15) is 18.3 Å². The van der Waals surface area contributed by atoms with E-state index >= 15 is 0 Å². The number of alkyl halides is 3. The first-order chi connectivity index (χ1) is 12.8. The first-order valence-corrected chi connectivity index (χ1v) is 8.61. The van der Waals surface area contributed by atoms with Crippen LogP contribution in [0.2, 0.25) is 0 Å².